The molecule has 1 fully saturated rings. The number of methoxy groups -OCH3 is 1. The van der Waals surface area contributed by atoms with Gasteiger partial charge in [-0.25, -0.2) is 0 Å². The maximum absolute atomic E-state index is 11.3. The van der Waals surface area contributed by atoms with Gasteiger partial charge in [-0.2, -0.15) is 0 Å². The van der Waals surface area contributed by atoms with E-state index < -0.39 is 0 Å². The van der Waals surface area contributed by atoms with Crippen LogP contribution >= 0.6 is 15.9 Å². The molecule has 0 aliphatic heterocycles. The molecule has 1 rings (SSSR count). The average Bonchev–Trinajstić information content (AvgIpc) is 2.19. The molecule has 0 amide bonds. The largest absolute Gasteiger partial charge is 0.469 e. The summed E-state index contributed by atoms with van der Waals surface area (Å²) in [4.78, 5) is 11.3. The highest BCUT2D eigenvalue weighted by atomic mass is 79.9. The predicted molar refractivity (Wildman–Crippen MR) is 60.6 cm³/mol. The Morgan fingerprint density at radius 2 is 2.00 bits per heavy atom. The lowest BCUT2D eigenvalue weighted by molar-refractivity contribution is -0.144. The molecule has 3 heteroatoms. The average molecular weight is 263 g/mol. The van der Waals surface area contributed by atoms with Gasteiger partial charge in [0.05, 0.1) is 13.5 Å². The standard InChI is InChI=1S/C11H19BrO2/c1-14-10(13)9-11(7-8-12)5-3-2-4-6-11/h2-9H2,1H3. The maximum atomic E-state index is 11.3. The van der Waals surface area contributed by atoms with Gasteiger partial charge in [-0.15, -0.1) is 0 Å². The number of ether oxygens (including phenoxy) is 1. The van der Waals surface area contributed by atoms with E-state index in [1.807, 2.05) is 0 Å². The summed E-state index contributed by atoms with van der Waals surface area (Å²) in [6.07, 6.45) is 7.94. The summed E-state index contributed by atoms with van der Waals surface area (Å²) in [5, 5.41) is 0.990. The second kappa shape index (κ2) is 5.74. The van der Waals surface area contributed by atoms with E-state index in [4.69, 9.17) is 4.74 Å². The van der Waals surface area contributed by atoms with Gasteiger partial charge in [0.25, 0.3) is 0 Å². The van der Waals surface area contributed by atoms with E-state index >= 15 is 0 Å². The van der Waals surface area contributed by atoms with Crippen LogP contribution in [-0.2, 0) is 9.53 Å². The quantitative estimate of drug-likeness (QED) is 0.574. The molecule has 0 aromatic heterocycles. The third-order valence-corrected chi connectivity index (χ3v) is 3.68. The van der Waals surface area contributed by atoms with E-state index in [1.54, 1.807) is 0 Å². The maximum Gasteiger partial charge on any atom is 0.306 e. The topological polar surface area (TPSA) is 26.3 Å². The lowest BCUT2D eigenvalue weighted by Crippen LogP contribution is -2.28. The summed E-state index contributed by atoms with van der Waals surface area (Å²) in [5.41, 5.74) is 0.231. The number of esters is 1. The van der Waals surface area contributed by atoms with Gasteiger partial charge >= 0.3 is 5.97 Å². The molecule has 0 spiro atoms. The first-order valence-electron chi connectivity index (χ1n) is 5.35. The van der Waals surface area contributed by atoms with E-state index in [0.717, 1.165) is 11.8 Å². The normalized spacial score (nSPS) is 20.4. The van der Waals surface area contributed by atoms with Crippen molar-refractivity contribution in [2.45, 2.75) is 44.9 Å². The molecule has 1 aliphatic rings. The van der Waals surface area contributed by atoms with Crippen LogP contribution in [0.2, 0.25) is 0 Å². The smallest absolute Gasteiger partial charge is 0.306 e. The molecule has 0 heterocycles. The monoisotopic (exact) mass is 262 g/mol. The van der Waals surface area contributed by atoms with Gasteiger partial charge in [-0.1, -0.05) is 35.2 Å². The van der Waals surface area contributed by atoms with Gasteiger partial charge in [-0.3, -0.25) is 4.79 Å². The molecule has 1 saturated carbocycles. The fraction of sp³-hybridized carbons (Fsp3) is 0.909. The zero-order valence-corrected chi connectivity index (χ0v) is 10.4. The highest BCUT2D eigenvalue weighted by Crippen LogP contribution is 2.42. The Labute approximate surface area is 94.5 Å². The highest BCUT2D eigenvalue weighted by molar-refractivity contribution is 9.09. The molecule has 0 N–H and O–H groups in total. The molecule has 0 unspecified atom stereocenters. The van der Waals surface area contributed by atoms with Gasteiger partial charge < -0.3 is 4.74 Å². The number of carbonyl (C=O) groups excluding carboxylic acids is 1. The van der Waals surface area contributed by atoms with Crippen LogP contribution in [0, 0.1) is 5.41 Å². The second-order valence-electron chi connectivity index (χ2n) is 4.25. The number of carbonyl (C=O) groups is 1. The molecule has 0 saturated heterocycles. The second-order valence-corrected chi connectivity index (χ2v) is 5.05. The SMILES string of the molecule is COC(=O)CC1(CCBr)CCCCC1. The molecule has 1 aliphatic carbocycles. The predicted octanol–water partition coefficient (Wildman–Crippen LogP) is 3.29. The van der Waals surface area contributed by atoms with Crippen LogP contribution in [0.1, 0.15) is 44.9 Å². The zero-order chi connectivity index (χ0) is 10.4. The fourth-order valence-electron chi connectivity index (χ4n) is 2.40. The van der Waals surface area contributed by atoms with E-state index in [2.05, 4.69) is 15.9 Å². The first-order chi connectivity index (χ1) is 6.72. The van der Waals surface area contributed by atoms with Crippen molar-refractivity contribution in [1.82, 2.24) is 0 Å². The van der Waals surface area contributed by atoms with Gasteiger partial charge in [0, 0.05) is 5.33 Å². The molecule has 14 heavy (non-hydrogen) atoms. The van der Waals surface area contributed by atoms with Gasteiger partial charge in [0.2, 0.25) is 0 Å². The molecular formula is C11H19BrO2. The minimum Gasteiger partial charge on any atom is -0.469 e. The molecule has 0 bridgehead atoms. The molecule has 0 atom stereocenters. The van der Waals surface area contributed by atoms with Crippen LogP contribution in [0.3, 0.4) is 0 Å². The van der Waals surface area contributed by atoms with E-state index in [0.29, 0.717) is 6.42 Å². The Bertz CT molecular complexity index is 180. The fourth-order valence-corrected chi connectivity index (χ4v) is 3.24. The van der Waals surface area contributed by atoms with E-state index in [9.17, 15) is 4.79 Å². The third-order valence-electron chi connectivity index (χ3n) is 3.29. The van der Waals surface area contributed by atoms with Crippen molar-refractivity contribution in [1.29, 1.82) is 0 Å². The van der Waals surface area contributed by atoms with Crippen LogP contribution in [0.5, 0.6) is 0 Å². The Balaban J connectivity index is 2.55. The zero-order valence-electron chi connectivity index (χ0n) is 8.85. The Kier molecular flexibility index (Phi) is 4.93. The Morgan fingerprint density at radius 3 is 2.50 bits per heavy atom. The van der Waals surface area contributed by atoms with Crippen LogP contribution < -0.4 is 0 Å². The van der Waals surface area contributed by atoms with Crippen molar-refractivity contribution >= 4 is 21.9 Å². The summed E-state index contributed by atoms with van der Waals surface area (Å²) in [5.74, 6) is -0.0483. The van der Waals surface area contributed by atoms with E-state index in [-0.39, 0.29) is 11.4 Å². The van der Waals surface area contributed by atoms with Gasteiger partial charge in [0.1, 0.15) is 0 Å². The van der Waals surface area contributed by atoms with Crippen molar-refractivity contribution in [3.8, 4) is 0 Å². The Hall–Kier alpha value is -0.0500. The molecule has 0 aromatic carbocycles. The van der Waals surface area contributed by atoms with Crippen LogP contribution in [0.25, 0.3) is 0 Å². The number of alkyl halides is 1. The first kappa shape index (κ1) is 12.0. The summed E-state index contributed by atoms with van der Waals surface area (Å²) in [7, 11) is 1.48. The number of hydrogen-bond acceptors (Lipinski definition) is 2. The molecular weight excluding hydrogens is 244 g/mol. The van der Waals surface area contributed by atoms with Gasteiger partial charge in [-0.05, 0) is 24.7 Å². The molecule has 0 radical (unpaired) electrons. The van der Waals surface area contributed by atoms with Crippen molar-refractivity contribution in [3.63, 3.8) is 0 Å². The van der Waals surface area contributed by atoms with E-state index in [1.165, 1.54) is 39.2 Å². The number of rotatable bonds is 4. The third kappa shape index (κ3) is 3.26. The van der Waals surface area contributed by atoms with Crippen LogP contribution in [-0.4, -0.2) is 18.4 Å². The minimum absolute atomic E-state index is 0.0483. The molecule has 2 nitrogen and oxygen atoms in total. The highest BCUT2D eigenvalue weighted by Gasteiger charge is 2.33. The lowest BCUT2D eigenvalue weighted by atomic mass is 9.70. The summed E-state index contributed by atoms with van der Waals surface area (Å²) in [6, 6.07) is 0. The van der Waals surface area contributed by atoms with Crippen molar-refractivity contribution < 1.29 is 9.53 Å². The van der Waals surface area contributed by atoms with Crippen molar-refractivity contribution in [3.05, 3.63) is 0 Å². The minimum atomic E-state index is -0.0483. The molecule has 0 aromatic rings. The summed E-state index contributed by atoms with van der Waals surface area (Å²) in [6.45, 7) is 0. The lowest BCUT2D eigenvalue weighted by Gasteiger charge is -2.36. The van der Waals surface area contributed by atoms with Crippen LogP contribution in [0.15, 0.2) is 0 Å². The molecule has 82 valence electrons. The number of halogens is 1. The summed E-state index contributed by atoms with van der Waals surface area (Å²) >= 11 is 3.48. The Morgan fingerprint density at radius 1 is 1.36 bits per heavy atom. The van der Waals surface area contributed by atoms with Crippen molar-refractivity contribution in [2.75, 3.05) is 12.4 Å². The van der Waals surface area contributed by atoms with Gasteiger partial charge in [0.15, 0.2) is 0 Å². The summed E-state index contributed by atoms with van der Waals surface area (Å²) < 4.78 is 4.77. The first-order valence-corrected chi connectivity index (χ1v) is 6.47. The van der Waals surface area contributed by atoms with Crippen LogP contribution in [0.4, 0.5) is 0 Å². The van der Waals surface area contributed by atoms with Crippen molar-refractivity contribution in [2.24, 2.45) is 5.41 Å². The number of hydrogen-bond donors (Lipinski definition) is 0.